The van der Waals surface area contributed by atoms with Crippen LogP contribution in [-0.4, -0.2) is 22.2 Å². The summed E-state index contributed by atoms with van der Waals surface area (Å²) in [6.45, 7) is 3.27. The van der Waals surface area contributed by atoms with Crippen molar-refractivity contribution in [3.63, 3.8) is 0 Å². The summed E-state index contributed by atoms with van der Waals surface area (Å²) < 4.78 is 15.3. The van der Waals surface area contributed by atoms with Gasteiger partial charge >= 0.3 is 0 Å². The van der Waals surface area contributed by atoms with Gasteiger partial charge in [0.1, 0.15) is 11.5 Å². The van der Waals surface area contributed by atoms with Crippen molar-refractivity contribution in [3.8, 4) is 5.69 Å². The van der Waals surface area contributed by atoms with Crippen molar-refractivity contribution in [3.05, 3.63) is 47.5 Å². The van der Waals surface area contributed by atoms with Crippen LogP contribution in [0.1, 0.15) is 22.8 Å². The molecule has 1 aromatic heterocycles. The molecule has 2 rings (SSSR count). The van der Waals surface area contributed by atoms with E-state index < -0.39 is 11.7 Å². The van der Waals surface area contributed by atoms with Crippen molar-refractivity contribution in [1.82, 2.24) is 15.1 Å². The van der Waals surface area contributed by atoms with Crippen LogP contribution in [0.4, 0.5) is 4.39 Å². The van der Waals surface area contributed by atoms with Gasteiger partial charge in [0.2, 0.25) is 0 Å². The summed E-state index contributed by atoms with van der Waals surface area (Å²) in [5, 5.41) is 7.12. The Kier molecular flexibility index (Phi) is 3.91. The second-order valence-electron chi connectivity index (χ2n) is 4.07. The SMILES string of the molecule is CCNCc1cccc(F)c1-n1cc(C(N)=O)cn1. The lowest BCUT2D eigenvalue weighted by molar-refractivity contribution is 0.100. The van der Waals surface area contributed by atoms with Gasteiger partial charge in [-0.05, 0) is 18.2 Å². The largest absolute Gasteiger partial charge is 0.366 e. The number of halogens is 1. The van der Waals surface area contributed by atoms with Crippen LogP contribution in [0.2, 0.25) is 0 Å². The lowest BCUT2D eigenvalue weighted by atomic mass is 10.1. The highest BCUT2D eigenvalue weighted by molar-refractivity contribution is 5.92. The first-order valence-corrected chi connectivity index (χ1v) is 5.96. The van der Waals surface area contributed by atoms with Crippen molar-refractivity contribution < 1.29 is 9.18 Å². The number of aromatic nitrogens is 2. The van der Waals surface area contributed by atoms with Crippen molar-refractivity contribution in [1.29, 1.82) is 0 Å². The van der Waals surface area contributed by atoms with Gasteiger partial charge in [-0.1, -0.05) is 19.1 Å². The summed E-state index contributed by atoms with van der Waals surface area (Å²) in [5.74, 6) is -0.981. The zero-order valence-electron chi connectivity index (χ0n) is 10.6. The molecule has 0 aliphatic rings. The molecule has 0 bridgehead atoms. The minimum atomic E-state index is -0.587. The number of primary amides is 1. The van der Waals surface area contributed by atoms with Crippen molar-refractivity contribution in [2.75, 3.05) is 6.54 Å². The maximum absolute atomic E-state index is 14.0. The third-order valence-electron chi connectivity index (χ3n) is 2.73. The van der Waals surface area contributed by atoms with E-state index in [1.165, 1.54) is 23.1 Å². The van der Waals surface area contributed by atoms with Crippen molar-refractivity contribution in [2.24, 2.45) is 5.73 Å². The van der Waals surface area contributed by atoms with Crippen LogP contribution < -0.4 is 11.1 Å². The minimum absolute atomic E-state index is 0.248. The molecule has 100 valence electrons. The summed E-state index contributed by atoms with van der Waals surface area (Å²) in [4.78, 5) is 11.1. The van der Waals surface area contributed by atoms with Crippen LogP contribution in [0.5, 0.6) is 0 Å². The van der Waals surface area contributed by atoms with Crippen LogP contribution in [0, 0.1) is 5.82 Å². The second-order valence-corrected chi connectivity index (χ2v) is 4.07. The van der Waals surface area contributed by atoms with Gasteiger partial charge in [0.05, 0.1) is 11.8 Å². The van der Waals surface area contributed by atoms with Crippen LogP contribution >= 0.6 is 0 Å². The van der Waals surface area contributed by atoms with Crippen LogP contribution in [-0.2, 0) is 6.54 Å². The summed E-state index contributed by atoms with van der Waals surface area (Å²) in [6.07, 6.45) is 2.75. The maximum Gasteiger partial charge on any atom is 0.251 e. The number of hydrogen-bond donors (Lipinski definition) is 2. The summed E-state index contributed by atoms with van der Waals surface area (Å²) >= 11 is 0. The molecule has 0 spiro atoms. The van der Waals surface area contributed by atoms with Crippen LogP contribution in [0.15, 0.2) is 30.6 Å². The topological polar surface area (TPSA) is 72.9 Å². The molecule has 19 heavy (non-hydrogen) atoms. The molecule has 6 heteroatoms. The van der Waals surface area contributed by atoms with E-state index in [4.69, 9.17) is 5.73 Å². The van der Waals surface area contributed by atoms with E-state index in [9.17, 15) is 9.18 Å². The van der Waals surface area contributed by atoms with Gasteiger partial charge in [0, 0.05) is 12.7 Å². The quantitative estimate of drug-likeness (QED) is 0.851. The first-order valence-electron chi connectivity index (χ1n) is 5.96. The van der Waals surface area contributed by atoms with E-state index in [2.05, 4.69) is 10.4 Å². The maximum atomic E-state index is 14.0. The third kappa shape index (κ3) is 2.79. The highest BCUT2D eigenvalue weighted by Gasteiger charge is 2.13. The molecular weight excluding hydrogens is 247 g/mol. The van der Waals surface area contributed by atoms with Gasteiger partial charge in [-0.15, -0.1) is 0 Å². The molecule has 0 unspecified atom stereocenters. The number of benzene rings is 1. The standard InChI is InChI=1S/C13H15FN4O/c1-2-16-6-9-4-3-5-11(14)12(9)18-8-10(7-17-18)13(15)19/h3-5,7-8,16H,2,6H2,1H3,(H2,15,19). The van der Waals surface area contributed by atoms with Gasteiger partial charge in [-0.2, -0.15) is 5.10 Å². The number of nitrogens with two attached hydrogens (primary N) is 1. The van der Waals surface area contributed by atoms with E-state index in [0.29, 0.717) is 12.2 Å². The smallest absolute Gasteiger partial charge is 0.251 e. The van der Waals surface area contributed by atoms with E-state index in [-0.39, 0.29) is 5.56 Å². The predicted molar refractivity (Wildman–Crippen MR) is 69.4 cm³/mol. The fraction of sp³-hybridized carbons (Fsp3) is 0.231. The Hall–Kier alpha value is -2.21. The molecule has 0 fully saturated rings. The first kappa shape index (κ1) is 13.2. The number of carbonyl (C=O) groups is 1. The number of amides is 1. The highest BCUT2D eigenvalue weighted by atomic mass is 19.1. The summed E-state index contributed by atoms with van der Waals surface area (Å²) in [7, 11) is 0. The Balaban J connectivity index is 2.44. The van der Waals surface area contributed by atoms with Gasteiger partial charge < -0.3 is 11.1 Å². The molecule has 0 radical (unpaired) electrons. The fourth-order valence-corrected chi connectivity index (χ4v) is 1.79. The molecule has 3 N–H and O–H groups in total. The van der Waals surface area contributed by atoms with E-state index in [1.54, 1.807) is 6.07 Å². The molecule has 1 heterocycles. The minimum Gasteiger partial charge on any atom is -0.366 e. The Morgan fingerprint density at radius 1 is 1.53 bits per heavy atom. The zero-order valence-corrected chi connectivity index (χ0v) is 10.6. The van der Waals surface area contributed by atoms with Gasteiger partial charge in [-0.3, -0.25) is 4.79 Å². The normalized spacial score (nSPS) is 10.6. The molecule has 0 aliphatic carbocycles. The third-order valence-corrected chi connectivity index (χ3v) is 2.73. The number of hydrogen-bond acceptors (Lipinski definition) is 3. The number of nitrogens with zero attached hydrogens (tertiary/aromatic N) is 2. The zero-order chi connectivity index (χ0) is 13.8. The van der Waals surface area contributed by atoms with Crippen LogP contribution in [0.25, 0.3) is 5.69 Å². The molecule has 1 aromatic carbocycles. The monoisotopic (exact) mass is 262 g/mol. The molecule has 0 saturated carbocycles. The lowest BCUT2D eigenvalue weighted by Crippen LogP contribution is -2.15. The summed E-state index contributed by atoms with van der Waals surface area (Å²) in [5.41, 5.74) is 6.51. The lowest BCUT2D eigenvalue weighted by Gasteiger charge is -2.10. The van der Waals surface area contributed by atoms with E-state index in [1.807, 2.05) is 13.0 Å². The molecular formula is C13H15FN4O. The molecule has 1 amide bonds. The Bertz CT molecular complexity index is 594. The molecule has 0 atom stereocenters. The number of para-hydroxylation sites is 1. The van der Waals surface area contributed by atoms with Crippen molar-refractivity contribution >= 4 is 5.91 Å². The Morgan fingerprint density at radius 2 is 2.32 bits per heavy atom. The fourth-order valence-electron chi connectivity index (χ4n) is 1.79. The van der Waals surface area contributed by atoms with Crippen LogP contribution in [0.3, 0.4) is 0 Å². The van der Waals surface area contributed by atoms with E-state index in [0.717, 1.165) is 12.1 Å². The van der Waals surface area contributed by atoms with Gasteiger partial charge in [-0.25, -0.2) is 9.07 Å². The molecule has 0 aliphatic heterocycles. The number of nitrogens with one attached hydrogen (secondary N) is 1. The average molecular weight is 262 g/mol. The molecule has 5 nitrogen and oxygen atoms in total. The first-order chi connectivity index (χ1) is 9.13. The Morgan fingerprint density at radius 3 is 2.95 bits per heavy atom. The number of carbonyl (C=O) groups excluding carboxylic acids is 1. The predicted octanol–water partition coefficient (Wildman–Crippen LogP) is 1.22. The molecule has 2 aromatic rings. The average Bonchev–Trinajstić information content (AvgIpc) is 2.85. The second kappa shape index (κ2) is 5.62. The van der Waals surface area contributed by atoms with Gasteiger partial charge in [0.15, 0.2) is 0 Å². The van der Waals surface area contributed by atoms with E-state index >= 15 is 0 Å². The highest BCUT2D eigenvalue weighted by Crippen LogP contribution is 2.18. The van der Waals surface area contributed by atoms with Crippen molar-refractivity contribution in [2.45, 2.75) is 13.5 Å². The number of rotatable bonds is 5. The summed E-state index contributed by atoms with van der Waals surface area (Å²) in [6, 6.07) is 4.81. The Labute approximate surface area is 110 Å². The van der Waals surface area contributed by atoms with Gasteiger partial charge in [0.25, 0.3) is 5.91 Å². The molecule has 0 saturated heterocycles.